The van der Waals surface area contributed by atoms with Gasteiger partial charge in [0, 0.05) is 72.1 Å². The van der Waals surface area contributed by atoms with E-state index in [0.29, 0.717) is 0 Å². The van der Waals surface area contributed by atoms with Crippen LogP contribution in [0.4, 0.5) is 0 Å². The Morgan fingerprint density at radius 2 is 1.03 bits per heavy atom. The summed E-state index contributed by atoms with van der Waals surface area (Å²) in [5, 5.41) is 0. The summed E-state index contributed by atoms with van der Waals surface area (Å²) in [5.74, 6) is 0. The lowest BCUT2D eigenvalue weighted by molar-refractivity contribution is -0.136. The zero-order chi connectivity index (χ0) is 23.0. The fraction of sp³-hybridized carbons (Fsp3) is 1.00. The molecule has 0 bridgehead atoms. The van der Waals surface area contributed by atoms with Gasteiger partial charge in [0.1, 0.15) is 0 Å². The van der Waals surface area contributed by atoms with Crippen molar-refractivity contribution in [3.63, 3.8) is 0 Å². The van der Waals surface area contributed by atoms with Gasteiger partial charge in [-0.05, 0) is 65.7 Å². The van der Waals surface area contributed by atoms with Crippen LogP contribution in [0.1, 0.15) is 53.9 Å². The predicted octanol–water partition coefficient (Wildman–Crippen LogP) is 4.65. The smallest absolute Gasteiger partial charge is 0.157 e. The monoisotopic (exact) mass is 483 g/mol. The molecule has 0 N–H and O–H groups in total. The molecule has 6 nitrogen and oxygen atoms in total. The minimum Gasteiger partial charge on any atom is -0.382 e. The van der Waals surface area contributed by atoms with Gasteiger partial charge in [0.05, 0.1) is 0 Å². The number of nitrogens with zero attached hydrogens (tertiary/aromatic N) is 1. The lowest BCUT2D eigenvalue weighted by Crippen LogP contribution is -2.30. The molecule has 0 fully saturated rings. The fourth-order valence-corrected chi connectivity index (χ4v) is 5.54. The Labute approximate surface area is 196 Å². The van der Waals surface area contributed by atoms with E-state index in [9.17, 15) is 0 Å². The molecule has 0 aliphatic rings. The van der Waals surface area contributed by atoms with Gasteiger partial charge in [-0.1, -0.05) is 0 Å². The molecular formula is C23H51NO5P2. The van der Waals surface area contributed by atoms with Crippen molar-refractivity contribution >= 4 is 17.2 Å². The standard InChI is InChI=1S/C23H51NO5P2/c1-6-25-17-11-14-24(15-20-30-18-12-22(26-7-2)27-8-3)16-21-31-19-13-23(28-9-4)29-10-5/h22-23,30-31H,6-21H2,1-5H3. The molecule has 0 spiro atoms. The quantitative estimate of drug-likeness (QED) is 0.107. The van der Waals surface area contributed by atoms with Crippen LogP contribution in [0.3, 0.4) is 0 Å². The molecule has 0 amide bonds. The van der Waals surface area contributed by atoms with Crippen LogP contribution in [0.25, 0.3) is 0 Å². The second kappa shape index (κ2) is 25.2. The molecule has 0 saturated heterocycles. The summed E-state index contributed by atoms with van der Waals surface area (Å²) in [6, 6.07) is 0. The molecule has 0 heterocycles. The maximum absolute atomic E-state index is 5.65. The molecule has 31 heavy (non-hydrogen) atoms. The Hall–Kier alpha value is 0.620. The van der Waals surface area contributed by atoms with Crippen LogP contribution >= 0.6 is 17.2 Å². The molecule has 2 atom stereocenters. The number of hydrogen-bond acceptors (Lipinski definition) is 6. The van der Waals surface area contributed by atoms with Crippen LogP contribution in [-0.2, 0) is 23.7 Å². The SMILES string of the molecule is CCOCCCN(CCPCCC(OCC)OCC)CCPCCC(OCC)OCC. The second-order valence-electron chi connectivity index (χ2n) is 7.15. The van der Waals surface area contributed by atoms with E-state index in [-0.39, 0.29) is 12.6 Å². The Kier molecular flexibility index (Phi) is 25.8. The molecule has 0 saturated carbocycles. The normalized spacial score (nSPS) is 12.8. The van der Waals surface area contributed by atoms with Crippen molar-refractivity contribution in [3.05, 3.63) is 0 Å². The highest BCUT2D eigenvalue weighted by molar-refractivity contribution is 7.38. The number of ether oxygens (including phenoxy) is 5. The van der Waals surface area contributed by atoms with Gasteiger partial charge in [0.2, 0.25) is 0 Å². The van der Waals surface area contributed by atoms with Crippen LogP contribution in [0.2, 0.25) is 0 Å². The fourth-order valence-electron chi connectivity index (χ4n) is 3.21. The van der Waals surface area contributed by atoms with Gasteiger partial charge in [0.15, 0.2) is 12.6 Å². The third-order valence-corrected chi connectivity index (χ3v) is 7.14. The molecule has 2 unspecified atom stereocenters. The first-order chi connectivity index (χ1) is 15.2. The van der Waals surface area contributed by atoms with E-state index in [1.54, 1.807) is 0 Å². The molecule has 0 aliphatic carbocycles. The van der Waals surface area contributed by atoms with Crippen LogP contribution < -0.4 is 0 Å². The molecule has 0 aromatic heterocycles. The molecule has 0 aromatic rings. The number of rotatable bonds is 25. The van der Waals surface area contributed by atoms with E-state index in [1.807, 2.05) is 27.7 Å². The lowest BCUT2D eigenvalue weighted by atomic mass is 10.4. The zero-order valence-corrected chi connectivity index (χ0v) is 23.0. The van der Waals surface area contributed by atoms with Crippen molar-refractivity contribution in [3.8, 4) is 0 Å². The summed E-state index contributed by atoms with van der Waals surface area (Å²) >= 11 is 0. The number of hydrogen-bond donors (Lipinski definition) is 0. The van der Waals surface area contributed by atoms with Gasteiger partial charge in [-0.25, -0.2) is 0 Å². The Morgan fingerprint density at radius 1 is 0.581 bits per heavy atom. The van der Waals surface area contributed by atoms with Crippen molar-refractivity contribution in [1.29, 1.82) is 0 Å². The molecule has 188 valence electrons. The summed E-state index contributed by atoms with van der Waals surface area (Å²) < 4.78 is 28.1. The minimum absolute atomic E-state index is 0.0248. The Bertz CT molecular complexity index is 318. The van der Waals surface area contributed by atoms with E-state index < -0.39 is 0 Å². The first-order valence-corrected chi connectivity index (χ1v) is 15.2. The molecular weight excluding hydrogens is 432 g/mol. The van der Waals surface area contributed by atoms with Gasteiger partial charge < -0.3 is 28.6 Å². The summed E-state index contributed by atoms with van der Waals surface area (Å²) in [5.41, 5.74) is 0. The van der Waals surface area contributed by atoms with Crippen molar-refractivity contribution in [2.45, 2.75) is 66.5 Å². The van der Waals surface area contributed by atoms with Gasteiger partial charge in [-0.3, -0.25) is 0 Å². The van der Waals surface area contributed by atoms with Crippen LogP contribution in [0.15, 0.2) is 0 Å². The first-order valence-electron chi connectivity index (χ1n) is 12.4. The molecule has 0 rings (SSSR count). The van der Waals surface area contributed by atoms with E-state index in [2.05, 4.69) is 11.8 Å². The van der Waals surface area contributed by atoms with Gasteiger partial charge in [0.25, 0.3) is 0 Å². The minimum atomic E-state index is -0.0248. The Balaban J connectivity index is 4.10. The molecule has 0 aliphatic heterocycles. The van der Waals surface area contributed by atoms with Crippen molar-refractivity contribution < 1.29 is 23.7 Å². The largest absolute Gasteiger partial charge is 0.382 e. The second-order valence-corrected chi connectivity index (χ2v) is 10.1. The van der Waals surface area contributed by atoms with E-state index in [0.717, 1.165) is 82.6 Å². The van der Waals surface area contributed by atoms with Gasteiger partial charge in [-0.15, -0.1) is 17.2 Å². The summed E-state index contributed by atoms with van der Waals surface area (Å²) in [6.07, 6.45) is 7.99. The highest BCUT2D eigenvalue weighted by Gasteiger charge is 2.10. The third kappa shape index (κ3) is 20.9. The van der Waals surface area contributed by atoms with Crippen LogP contribution in [-0.4, -0.2) is 101 Å². The predicted molar refractivity (Wildman–Crippen MR) is 137 cm³/mol. The maximum atomic E-state index is 5.65. The zero-order valence-electron chi connectivity index (χ0n) is 21.0. The van der Waals surface area contributed by atoms with E-state index in [4.69, 9.17) is 23.7 Å². The summed E-state index contributed by atoms with van der Waals surface area (Å²) in [6.45, 7) is 18.2. The van der Waals surface area contributed by atoms with Crippen LogP contribution in [0, 0.1) is 0 Å². The molecule has 8 heteroatoms. The highest BCUT2D eigenvalue weighted by Crippen LogP contribution is 2.17. The van der Waals surface area contributed by atoms with Crippen LogP contribution in [0.5, 0.6) is 0 Å². The Morgan fingerprint density at radius 3 is 1.42 bits per heavy atom. The van der Waals surface area contributed by atoms with Crippen molar-refractivity contribution in [2.75, 3.05) is 83.9 Å². The lowest BCUT2D eigenvalue weighted by Gasteiger charge is -2.23. The summed E-state index contributed by atoms with van der Waals surface area (Å²) in [7, 11) is 1.94. The van der Waals surface area contributed by atoms with Crippen molar-refractivity contribution in [2.24, 2.45) is 0 Å². The molecule has 0 aromatic carbocycles. The van der Waals surface area contributed by atoms with Crippen molar-refractivity contribution in [1.82, 2.24) is 4.90 Å². The van der Waals surface area contributed by atoms with Gasteiger partial charge in [-0.2, -0.15) is 0 Å². The third-order valence-electron chi connectivity index (χ3n) is 4.70. The van der Waals surface area contributed by atoms with Gasteiger partial charge >= 0.3 is 0 Å². The van der Waals surface area contributed by atoms with E-state index >= 15 is 0 Å². The first kappa shape index (κ1) is 31.6. The molecule has 0 radical (unpaired) electrons. The highest BCUT2D eigenvalue weighted by atomic mass is 31.1. The maximum Gasteiger partial charge on any atom is 0.157 e. The van der Waals surface area contributed by atoms with E-state index in [1.165, 1.54) is 37.7 Å². The topological polar surface area (TPSA) is 49.4 Å². The average Bonchev–Trinajstić information content (AvgIpc) is 2.76. The average molecular weight is 484 g/mol. The summed E-state index contributed by atoms with van der Waals surface area (Å²) in [4.78, 5) is 2.63.